The van der Waals surface area contributed by atoms with Gasteiger partial charge in [0, 0.05) is 10.4 Å². The minimum atomic E-state index is -0.0785. The second-order valence-electron chi connectivity index (χ2n) is 7.30. The minimum Gasteiger partial charge on any atom is -0.293 e. The van der Waals surface area contributed by atoms with Crippen LogP contribution in [0.1, 0.15) is 31.9 Å². The molecule has 2 aromatic carbocycles. The maximum atomic E-state index is 13.6. The fourth-order valence-corrected chi connectivity index (χ4v) is 5.37. The molecule has 4 aromatic rings. The minimum absolute atomic E-state index is 0.0148. The Morgan fingerprint density at radius 3 is 2.47 bits per heavy atom. The van der Waals surface area contributed by atoms with Gasteiger partial charge < -0.3 is 0 Å². The third-order valence-electron chi connectivity index (χ3n) is 5.42. The average molecular weight is 435 g/mol. The molecule has 0 atom stereocenters. The number of Topliss-reactive ketones (excluding diaryl/α,β-unsaturated/α-hetero) is 1. The molecule has 0 fully saturated rings. The lowest BCUT2D eigenvalue weighted by Gasteiger charge is -2.15. The first-order valence-electron chi connectivity index (χ1n) is 9.69. The zero-order valence-electron chi connectivity index (χ0n) is 17.4. The number of nitrogens with zero attached hydrogens (tertiary/aromatic N) is 2. The van der Waals surface area contributed by atoms with Crippen molar-refractivity contribution in [3.05, 3.63) is 86.0 Å². The van der Waals surface area contributed by atoms with Crippen LogP contribution in [-0.2, 0) is 0 Å². The molecule has 152 valence electrons. The maximum absolute atomic E-state index is 13.6. The van der Waals surface area contributed by atoms with E-state index in [0.717, 1.165) is 32.1 Å². The van der Waals surface area contributed by atoms with Crippen LogP contribution in [0.5, 0.6) is 0 Å². The van der Waals surface area contributed by atoms with Gasteiger partial charge in [-0.1, -0.05) is 54.2 Å². The van der Waals surface area contributed by atoms with Crippen molar-refractivity contribution < 1.29 is 4.79 Å². The highest BCUT2D eigenvalue weighted by Crippen LogP contribution is 2.30. The van der Waals surface area contributed by atoms with E-state index in [4.69, 9.17) is 4.98 Å². The molecule has 0 amide bonds. The Morgan fingerprint density at radius 2 is 1.73 bits per heavy atom. The van der Waals surface area contributed by atoms with Gasteiger partial charge in [-0.25, -0.2) is 4.98 Å². The second kappa shape index (κ2) is 8.20. The van der Waals surface area contributed by atoms with Crippen LogP contribution in [0.15, 0.2) is 58.5 Å². The summed E-state index contributed by atoms with van der Waals surface area (Å²) in [5.74, 6) is 0.233. The zero-order valence-corrected chi connectivity index (χ0v) is 19.0. The number of hydrogen-bond donors (Lipinski definition) is 0. The van der Waals surface area contributed by atoms with Crippen LogP contribution in [-0.4, -0.2) is 21.1 Å². The molecule has 0 aliphatic rings. The van der Waals surface area contributed by atoms with Crippen LogP contribution in [0.3, 0.4) is 0 Å². The van der Waals surface area contributed by atoms with Crippen LogP contribution in [0.2, 0.25) is 0 Å². The number of rotatable bonds is 5. The van der Waals surface area contributed by atoms with E-state index in [1.807, 2.05) is 76.2 Å². The molecule has 4 rings (SSSR count). The van der Waals surface area contributed by atoms with Gasteiger partial charge in [0.2, 0.25) is 0 Å². The molecule has 0 unspecified atom stereocenters. The first-order valence-corrected chi connectivity index (χ1v) is 11.5. The third kappa shape index (κ3) is 3.61. The van der Waals surface area contributed by atoms with Gasteiger partial charge in [0.1, 0.15) is 4.83 Å². The largest absolute Gasteiger partial charge is 0.293 e. The summed E-state index contributed by atoms with van der Waals surface area (Å²) in [4.78, 5) is 32.9. The molecule has 4 nitrogen and oxygen atoms in total. The van der Waals surface area contributed by atoms with Gasteiger partial charge in [-0.15, -0.1) is 11.3 Å². The van der Waals surface area contributed by atoms with Crippen molar-refractivity contribution in [3.8, 4) is 5.69 Å². The molecule has 0 saturated heterocycles. The van der Waals surface area contributed by atoms with E-state index in [1.54, 1.807) is 4.57 Å². The number of ketones is 1. The van der Waals surface area contributed by atoms with E-state index in [2.05, 4.69) is 0 Å². The standard InChI is InChI=1S/C24H22N2O2S2/c1-14-9-8-12-19(15(14)2)26-23(28)21-16(3)17(4)30-22(21)25-24(26)29-13-20(27)18-10-6-5-7-11-18/h5-12H,13H2,1-4H3. The van der Waals surface area contributed by atoms with Gasteiger partial charge in [-0.05, 0) is 50.5 Å². The summed E-state index contributed by atoms with van der Waals surface area (Å²) in [5, 5.41) is 1.21. The summed E-state index contributed by atoms with van der Waals surface area (Å²) < 4.78 is 1.67. The predicted octanol–water partition coefficient (Wildman–Crippen LogP) is 5.66. The van der Waals surface area contributed by atoms with Crippen LogP contribution < -0.4 is 5.56 Å². The topological polar surface area (TPSA) is 52.0 Å². The first kappa shape index (κ1) is 20.6. The molecule has 30 heavy (non-hydrogen) atoms. The summed E-state index contributed by atoms with van der Waals surface area (Å²) in [6.45, 7) is 8.02. The molecule has 0 saturated carbocycles. The molecule has 0 N–H and O–H groups in total. The highest BCUT2D eigenvalue weighted by Gasteiger charge is 2.20. The van der Waals surface area contributed by atoms with Crippen molar-refractivity contribution >= 4 is 39.1 Å². The molecule has 0 aliphatic carbocycles. The molecule has 0 spiro atoms. The molecule has 0 aliphatic heterocycles. The molecule has 0 bridgehead atoms. The van der Waals surface area contributed by atoms with Crippen molar-refractivity contribution in [2.24, 2.45) is 0 Å². The van der Waals surface area contributed by atoms with Gasteiger partial charge >= 0.3 is 0 Å². The smallest absolute Gasteiger partial charge is 0.267 e. The van der Waals surface area contributed by atoms with Crippen molar-refractivity contribution in [2.45, 2.75) is 32.9 Å². The van der Waals surface area contributed by atoms with Crippen LogP contribution >= 0.6 is 23.1 Å². The number of hydrogen-bond acceptors (Lipinski definition) is 5. The van der Waals surface area contributed by atoms with E-state index < -0.39 is 0 Å². The van der Waals surface area contributed by atoms with E-state index >= 15 is 0 Å². The number of aromatic nitrogens is 2. The molecule has 2 heterocycles. The SMILES string of the molecule is Cc1cccc(-n2c(SCC(=O)c3ccccc3)nc3sc(C)c(C)c3c2=O)c1C. The van der Waals surface area contributed by atoms with Crippen molar-refractivity contribution in [3.63, 3.8) is 0 Å². The molecular weight excluding hydrogens is 412 g/mol. The highest BCUT2D eigenvalue weighted by atomic mass is 32.2. The summed E-state index contributed by atoms with van der Waals surface area (Å²) in [6.07, 6.45) is 0. The van der Waals surface area contributed by atoms with E-state index in [0.29, 0.717) is 16.1 Å². The van der Waals surface area contributed by atoms with Crippen molar-refractivity contribution in [1.29, 1.82) is 0 Å². The van der Waals surface area contributed by atoms with Gasteiger partial charge in [-0.3, -0.25) is 14.2 Å². The number of fused-ring (bicyclic) bond motifs is 1. The number of thiophene rings is 1. The quantitative estimate of drug-likeness (QED) is 0.231. The average Bonchev–Trinajstić information content (AvgIpc) is 3.03. The lowest BCUT2D eigenvalue weighted by molar-refractivity contribution is 0.102. The number of aryl methyl sites for hydroxylation is 3. The second-order valence-corrected chi connectivity index (χ2v) is 9.44. The Balaban J connectivity index is 1.86. The van der Waals surface area contributed by atoms with E-state index in [9.17, 15) is 9.59 Å². The monoisotopic (exact) mass is 434 g/mol. The fraction of sp³-hybridized carbons (Fsp3) is 0.208. The summed E-state index contributed by atoms with van der Waals surface area (Å²) in [7, 11) is 0. The number of carbonyl (C=O) groups excluding carboxylic acids is 1. The Kier molecular flexibility index (Phi) is 5.62. The summed E-state index contributed by atoms with van der Waals surface area (Å²) >= 11 is 2.84. The van der Waals surface area contributed by atoms with Crippen LogP contribution in [0.25, 0.3) is 15.9 Å². The van der Waals surface area contributed by atoms with Gasteiger partial charge in [0.15, 0.2) is 10.9 Å². The lowest BCUT2D eigenvalue weighted by Crippen LogP contribution is -2.23. The number of carbonyl (C=O) groups is 1. The summed E-state index contributed by atoms with van der Waals surface area (Å²) in [6, 6.07) is 15.1. The Hall–Kier alpha value is -2.70. The Labute approximate surface area is 183 Å². The van der Waals surface area contributed by atoms with E-state index in [1.165, 1.54) is 23.1 Å². The number of thioether (sulfide) groups is 1. The van der Waals surface area contributed by atoms with Crippen molar-refractivity contribution in [1.82, 2.24) is 9.55 Å². The molecule has 0 radical (unpaired) electrons. The lowest BCUT2D eigenvalue weighted by atomic mass is 10.1. The maximum Gasteiger partial charge on any atom is 0.267 e. The van der Waals surface area contributed by atoms with E-state index in [-0.39, 0.29) is 17.1 Å². The van der Waals surface area contributed by atoms with Crippen LogP contribution in [0, 0.1) is 27.7 Å². The van der Waals surface area contributed by atoms with Gasteiger partial charge in [0.05, 0.1) is 16.8 Å². The predicted molar refractivity (Wildman–Crippen MR) is 126 cm³/mol. The normalized spacial score (nSPS) is 11.2. The highest BCUT2D eigenvalue weighted by molar-refractivity contribution is 7.99. The van der Waals surface area contributed by atoms with Gasteiger partial charge in [0.25, 0.3) is 5.56 Å². The molecule has 6 heteroatoms. The van der Waals surface area contributed by atoms with Crippen LogP contribution in [0.4, 0.5) is 0 Å². The van der Waals surface area contributed by atoms with Crippen molar-refractivity contribution in [2.75, 3.05) is 5.75 Å². The third-order valence-corrected chi connectivity index (χ3v) is 7.46. The number of benzene rings is 2. The molecule has 2 aromatic heterocycles. The van der Waals surface area contributed by atoms with Gasteiger partial charge in [-0.2, -0.15) is 0 Å². The summed E-state index contributed by atoms with van der Waals surface area (Å²) in [5.41, 5.74) is 4.51. The first-order chi connectivity index (χ1) is 14.4. The Morgan fingerprint density at radius 1 is 1.00 bits per heavy atom. The molecular formula is C24H22N2O2S2. The fourth-order valence-electron chi connectivity index (χ4n) is 3.40. The zero-order chi connectivity index (χ0) is 21.4. The Bertz CT molecular complexity index is 1320.